The Labute approximate surface area is 225 Å². The number of carbonyl (C=O) groups excluding carboxylic acids is 1. The van der Waals surface area contributed by atoms with Crippen LogP contribution in [0.4, 0.5) is 4.39 Å². The first-order valence-electron chi connectivity index (χ1n) is 13.0. The summed E-state index contributed by atoms with van der Waals surface area (Å²) < 4.78 is 38.6. The topological polar surface area (TPSA) is 98.1 Å². The smallest absolute Gasteiger partial charge is 0.265 e. The third-order valence-electron chi connectivity index (χ3n) is 8.15. The summed E-state index contributed by atoms with van der Waals surface area (Å²) in [5.41, 5.74) is 2.52. The highest BCUT2D eigenvalue weighted by atomic mass is 32.2. The summed E-state index contributed by atoms with van der Waals surface area (Å²) in [5, 5.41) is 3.64. The van der Waals surface area contributed by atoms with Crippen LogP contribution in [0, 0.1) is 11.2 Å². The summed E-state index contributed by atoms with van der Waals surface area (Å²) in [6.45, 7) is 0.124. The molecule has 2 aliphatic rings. The van der Waals surface area contributed by atoms with E-state index in [1.807, 2.05) is 6.07 Å². The number of sulfone groups is 1. The maximum absolute atomic E-state index is 13.6. The van der Waals surface area contributed by atoms with Crippen LogP contribution in [-0.2, 0) is 16.4 Å². The summed E-state index contributed by atoms with van der Waals surface area (Å²) in [6, 6.07) is 15.8. The molecular weight excluding hydrogens is 517 g/mol. The third-order valence-corrected chi connectivity index (χ3v) is 9.28. The van der Waals surface area contributed by atoms with E-state index in [9.17, 15) is 22.4 Å². The lowest BCUT2D eigenvalue weighted by atomic mass is 9.54. The predicted molar refractivity (Wildman–Crippen MR) is 147 cm³/mol. The SMILES string of the molecule is CS(=O)(=O)c1ccc(-c2cnc3c(c2)cc(C(=O)NC2CC4(CCC4)C2)c(=O)n3Cc2ccc(F)cc2)cc1. The van der Waals surface area contributed by atoms with Crippen LogP contribution in [0.25, 0.3) is 22.2 Å². The lowest BCUT2D eigenvalue weighted by Crippen LogP contribution is -2.54. The average Bonchev–Trinajstić information content (AvgIpc) is 2.86. The monoisotopic (exact) mass is 545 g/mol. The van der Waals surface area contributed by atoms with Gasteiger partial charge in [-0.05, 0) is 78.6 Å². The first-order chi connectivity index (χ1) is 18.6. The summed E-state index contributed by atoms with van der Waals surface area (Å²) in [5.74, 6) is -0.782. The predicted octanol–water partition coefficient (Wildman–Crippen LogP) is 4.72. The van der Waals surface area contributed by atoms with Gasteiger partial charge in [0.2, 0.25) is 0 Å². The van der Waals surface area contributed by atoms with E-state index in [2.05, 4.69) is 10.3 Å². The van der Waals surface area contributed by atoms with Crippen LogP contribution in [0.15, 0.2) is 76.6 Å². The summed E-state index contributed by atoms with van der Waals surface area (Å²) in [4.78, 5) is 31.7. The fourth-order valence-corrected chi connectivity index (χ4v) is 6.47. The van der Waals surface area contributed by atoms with Gasteiger partial charge in [0.1, 0.15) is 17.0 Å². The molecule has 0 unspecified atom stereocenters. The minimum Gasteiger partial charge on any atom is -0.349 e. The number of pyridine rings is 2. The molecule has 1 N–H and O–H groups in total. The number of hydrogen-bond donors (Lipinski definition) is 1. The number of halogens is 1. The van der Waals surface area contributed by atoms with Crippen molar-refractivity contribution in [3.63, 3.8) is 0 Å². The van der Waals surface area contributed by atoms with E-state index in [1.54, 1.807) is 36.5 Å². The number of amides is 1. The molecule has 0 aliphatic heterocycles. The number of hydrogen-bond acceptors (Lipinski definition) is 5. The van der Waals surface area contributed by atoms with Gasteiger partial charge in [-0.3, -0.25) is 14.2 Å². The first-order valence-corrected chi connectivity index (χ1v) is 14.9. The van der Waals surface area contributed by atoms with Gasteiger partial charge >= 0.3 is 0 Å². The molecule has 2 fully saturated rings. The van der Waals surface area contributed by atoms with E-state index in [0.29, 0.717) is 27.6 Å². The van der Waals surface area contributed by atoms with Gasteiger partial charge in [0.15, 0.2) is 9.84 Å². The fourth-order valence-electron chi connectivity index (χ4n) is 5.84. The second-order valence-electron chi connectivity index (χ2n) is 10.9. The molecule has 2 aromatic heterocycles. The van der Waals surface area contributed by atoms with Crippen LogP contribution in [0.3, 0.4) is 0 Å². The Balaban J connectivity index is 1.39. The van der Waals surface area contributed by atoms with Gasteiger partial charge < -0.3 is 5.32 Å². The lowest BCUT2D eigenvalue weighted by Gasteiger charge is -2.54. The Bertz CT molecular complexity index is 1750. The molecule has 1 spiro atoms. The molecule has 0 radical (unpaired) electrons. The van der Waals surface area contributed by atoms with Crippen molar-refractivity contribution in [2.75, 3.05) is 6.26 Å². The van der Waals surface area contributed by atoms with Crippen molar-refractivity contribution in [1.82, 2.24) is 14.9 Å². The molecule has 0 atom stereocenters. The molecule has 4 aromatic rings. The van der Waals surface area contributed by atoms with E-state index in [-0.39, 0.29) is 28.9 Å². The second kappa shape index (κ2) is 9.41. The number of fused-ring (bicyclic) bond motifs is 1. The van der Waals surface area contributed by atoms with Crippen molar-refractivity contribution in [1.29, 1.82) is 0 Å². The normalized spacial score (nSPS) is 16.6. The highest BCUT2D eigenvalue weighted by molar-refractivity contribution is 7.90. The third kappa shape index (κ3) is 4.87. The maximum atomic E-state index is 13.6. The number of nitrogens with one attached hydrogen (secondary N) is 1. The molecule has 2 aromatic carbocycles. The molecule has 7 nitrogen and oxygen atoms in total. The van der Waals surface area contributed by atoms with Crippen molar-refractivity contribution in [3.8, 4) is 11.1 Å². The average molecular weight is 546 g/mol. The number of benzene rings is 2. The molecule has 2 saturated carbocycles. The molecule has 1 amide bonds. The zero-order valence-electron chi connectivity index (χ0n) is 21.5. The van der Waals surface area contributed by atoms with Crippen LogP contribution < -0.4 is 10.9 Å². The Kier molecular flexibility index (Phi) is 6.14. The van der Waals surface area contributed by atoms with E-state index in [1.165, 1.54) is 48.1 Å². The largest absolute Gasteiger partial charge is 0.349 e. The minimum absolute atomic E-state index is 0.0329. The Hall–Kier alpha value is -3.85. The van der Waals surface area contributed by atoms with Gasteiger partial charge in [-0.25, -0.2) is 17.8 Å². The molecule has 9 heteroatoms. The van der Waals surface area contributed by atoms with E-state index < -0.39 is 21.3 Å². The summed E-state index contributed by atoms with van der Waals surface area (Å²) >= 11 is 0. The van der Waals surface area contributed by atoms with Crippen LogP contribution in [-0.4, -0.2) is 36.2 Å². The standard InChI is InChI=1S/C30H28FN3O4S/c1-39(37,38)25-9-5-20(6-10-25)22-13-21-14-26(28(35)33-24-15-30(16-24)11-2-12-30)29(36)34(27(21)32-17-22)18-19-3-7-23(31)8-4-19/h3-10,13-14,17,24H,2,11-12,15-16,18H2,1H3,(H,33,35). The van der Waals surface area contributed by atoms with Gasteiger partial charge in [0, 0.05) is 29.4 Å². The van der Waals surface area contributed by atoms with E-state index >= 15 is 0 Å². The number of nitrogens with zero attached hydrogens (tertiary/aromatic N) is 2. The van der Waals surface area contributed by atoms with Crippen LogP contribution >= 0.6 is 0 Å². The van der Waals surface area contributed by atoms with Crippen LogP contribution in [0.1, 0.15) is 48.0 Å². The van der Waals surface area contributed by atoms with Crippen molar-refractivity contribution >= 4 is 26.8 Å². The molecule has 6 rings (SSSR count). The molecule has 200 valence electrons. The van der Waals surface area contributed by atoms with Crippen LogP contribution in [0.2, 0.25) is 0 Å². The Morgan fingerprint density at radius 1 is 1.05 bits per heavy atom. The van der Waals surface area contributed by atoms with Gasteiger partial charge in [0.05, 0.1) is 11.4 Å². The first kappa shape index (κ1) is 25.4. The molecule has 0 saturated heterocycles. The zero-order chi connectivity index (χ0) is 27.4. The minimum atomic E-state index is -3.33. The Morgan fingerprint density at radius 3 is 2.36 bits per heavy atom. The van der Waals surface area contributed by atoms with Gasteiger partial charge in [-0.1, -0.05) is 30.7 Å². The van der Waals surface area contributed by atoms with Gasteiger partial charge in [-0.2, -0.15) is 0 Å². The van der Waals surface area contributed by atoms with E-state index in [0.717, 1.165) is 24.7 Å². The number of rotatable bonds is 6. The molecule has 2 heterocycles. The van der Waals surface area contributed by atoms with Gasteiger partial charge in [0.25, 0.3) is 11.5 Å². The summed E-state index contributed by atoms with van der Waals surface area (Å²) in [7, 11) is -3.33. The number of aromatic nitrogens is 2. The van der Waals surface area contributed by atoms with Crippen molar-refractivity contribution < 1.29 is 17.6 Å². The van der Waals surface area contributed by atoms with Crippen molar-refractivity contribution in [2.24, 2.45) is 5.41 Å². The number of carbonyl (C=O) groups is 1. The highest BCUT2D eigenvalue weighted by Gasteiger charge is 2.48. The fraction of sp³-hybridized carbons (Fsp3) is 0.300. The maximum Gasteiger partial charge on any atom is 0.265 e. The Morgan fingerprint density at radius 2 is 1.74 bits per heavy atom. The summed E-state index contributed by atoms with van der Waals surface area (Å²) in [6.07, 6.45) is 8.33. The van der Waals surface area contributed by atoms with E-state index in [4.69, 9.17) is 0 Å². The zero-order valence-corrected chi connectivity index (χ0v) is 22.3. The van der Waals surface area contributed by atoms with Crippen molar-refractivity contribution in [2.45, 2.75) is 49.6 Å². The lowest BCUT2D eigenvalue weighted by molar-refractivity contribution is -0.000651. The molecule has 0 bridgehead atoms. The quantitative estimate of drug-likeness (QED) is 0.378. The van der Waals surface area contributed by atoms with Crippen LogP contribution in [0.5, 0.6) is 0 Å². The molecular formula is C30H28FN3O4S. The highest BCUT2D eigenvalue weighted by Crippen LogP contribution is 2.55. The van der Waals surface area contributed by atoms with Gasteiger partial charge in [-0.15, -0.1) is 0 Å². The van der Waals surface area contributed by atoms with Crippen molar-refractivity contribution in [3.05, 3.63) is 94.2 Å². The molecule has 2 aliphatic carbocycles. The second-order valence-corrected chi connectivity index (χ2v) is 13.0. The molecule has 39 heavy (non-hydrogen) atoms.